The summed E-state index contributed by atoms with van der Waals surface area (Å²) in [6.07, 6.45) is 4.78. The van der Waals surface area contributed by atoms with E-state index < -0.39 is 11.6 Å². The third-order valence-corrected chi connectivity index (χ3v) is 4.45. The third kappa shape index (κ3) is 3.55. The molecule has 2 N–H and O–H groups in total. The second-order valence-electron chi connectivity index (χ2n) is 5.67. The lowest BCUT2D eigenvalue weighted by Gasteiger charge is -2.30. The summed E-state index contributed by atoms with van der Waals surface area (Å²) in [7, 11) is 0. The van der Waals surface area contributed by atoms with Crippen molar-refractivity contribution in [3.63, 3.8) is 0 Å². The van der Waals surface area contributed by atoms with Crippen LogP contribution in [0.2, 0.25) is 0 Å². The highest BCUT2D eigenvalue weighted by atomic mass is 19.2. The number of hydrogen-bond acceptors (Lipinski definition) is 2. The van der Waals surface area contributed by atoms with Gasteiger partial charge in [0.05, 0.1) is 0 Å². The van der Waals surface area contributed by atoms with Crippen LogP contribution in [0, 0.1) is 17.6 Å². The minimum atomic E-state index is -0.800. The molecule has 2 nitrogen and oxygen atoms in total. The van der Waals surface area contributed by atoms with Gasteiger partial charge in [0.25, 0.3) is 0 Å². The summed E-state index contributed by atoms with van der Waals surface area (Å²) in [6.45, 7) is 4.63. The van der Waals surface area contributed by atoms with Crippen molar-refractivity contribution >= 4 is 0 Å². The van der Waals surface area contributed by atoms with Gasteiger partial charge in [0.1, 0.15) is 0 Å². The molecule has 0 aliphatic carbocycles. The molecule has 4 heteroatoms. The van der Waals surface area contributed by atoms with Gasteiger partial charge in [0, 0.05) is 12.6 Å². The van der Waals surface area contributed by atoms with E-state index in [0.717, 1.165) is 37.4 Å². The first-order chi connectivity index (χ1) is 9.65. The Morgan fingerprint density at radius 2 is 2.05 bits per heavy atom. The molecule has 2 rings (SSSR count). The predicted octanol–water partition coefficient (Wildman–Crippen LogP) is 3.48. The summed E-state index contributed by atoms with van der Waals surface area (Å²) >= 11 is 0. The number of benzene rings is 1. The molecule has 0 bridgehead atoms. The summed E-state index contributed by atoms with van der Waals surface area (Å²) in [4.78, 5) is 2.32. The van der Waals surface area contributed by atoms with E-state index in [1.54, 1.807) is 6.07 Å². The smallest absolute Gasteiger partial charge is 0.159 e. The van der Waals surface area contributed by atoms with Crippen molar-refractivity contribution in [2.75, 3.05) is 19.6 Å². The van der Waals surface area contributed by atoms with E-state index in [1.165, 1.54) is 25.0 Å². The van der Waals surface area contributed by atoms with E-state index in [2.05, 4.69) is 11.8 Å². The average molecular weight is 282 g/mol. The Kier molecular flexibility index (Phi) is 5.49. The Balaban J connectivity index is 2.12. The van der Waals surface area contributed by atoms with Crippen molar-refractivity contribution in [2.45, 2.75) is 38.6 Å². The molecule has 1 aromatic rings. The molecule has 0 amide bonds. The van der Waals surface area contributed by atoms with Gasteiger partial charge in [0.15, 0.2) is 11.6 Å². The van der Waals surface area contributed by atoms with Crippen LogP contribution in [-0.4, -0.2) is 24.5 Å². The molecule has 112 valence electrons. The Bertz CT molecular complexity index is 436. The molecule has 1 fully saturated rings. The summed E-state index contributed by atoms with van der Waals surface area (Å²) in [5.74, 6) is -0.808. The molecular weight excluding hydrogens is 258 g/mol. The zero-order valence-electron chi connectivity index (χ0n) is 12.1. The highest BCUT2D eigenvalue weighted by molar-refractivity contribution is 5.22. The normalized spacial score (nSPS) is 22.5. The zero-order chi connectivity index (χ0) is 14.5. The minimum Gasteiger partial charge on any atom is -0.329 e. The van der Waals surface area contributed by atoms with Crippen molar-refractivity contribution in [1.82, 2.24) is 4.90 Å². The fourth-order valence-electron chi connectivity index (χ4n) is 3.12. The topological polar surface area (TPSA) is 29.3 Å². The van der Waals surface area contributed by atoms with Crippen LogP contribution in [0.25, 0.3) is 0 Å². The van der Waals surface area contributed by atoms with E-state index in [0.29, 0.717) is 6.54 Å². The molecule has 0 radical (unpaired) electrons. The molecule has 2 unspecified atom stereocenters. The maximum atomic E-state index is 13.4. The van der Waals surface area contributed by atoms with Gasteiger partial charge >= 0.3 is 0 Å². The molecule has 0 aromatic heterocycles. The number of hydrogen-bond donors (Lipinski definition) is 1. The highest BCUT2D eigenvalue weighted by Gasteiger charge is 2.23. The Labute approximate surface area is 120 Å². The summed E-state index contributed by atoms with van der Waals surface area (Å²) < 4.78 is 26.5. The molecule has 1 heterocycles. The highest BCUT2D eigenvalue weighted by Crippen LogP contribution is 2.27. The molecular formula is C16H24F2N2. The molecule has 0 saturated carbocycles. The van der Waals surface area contributed by atoms with Gasteiger partial charge in [-0.1, -0.05) is 19.4 Å². The second kappa shape index (κ2) is 7.14. The van der Waals surface area contributed by atoms with Crippen LogP contribution in [0.1, 0.15) is 44.2 Å². The first-order valence-electron chi connectivity index (χ1n) is 7.54. The van der Waals surface area contributed by atoms with Gasteiger partial charge in [-0.25, -0.2) is 8.78 Å². The third-order valence-electron chi connectivity index (χ3n) is 4.45. The van der Waals surface area contributed by atoms with Crippen LogP contribution in [0.15, 0.2) is 18.2 Å². The Morgan fingerprint density at radius 1 is 1.25 bits per heavy atom. The van der Waals surface area contributed by atoms with Gasteiger partial charge in [0.2, 0.25) is 0 Å². The van der Waals surface area contributed by atoms with Crippen LogP contribution in [-0.2, 0) is 0 Å². The minimum absolute atomic E-state index is 0.0132. The SMILES string of the molecule is CCC1CCCN(C(CN)c2ccc(F)c(F)c2)CC1. The second-order valence-corrected chi connectivity index (χ2v) is 5.67. The molecule has 1 saturated heterocycles. The number of nitrogens with zero attached hydrogens (tertiary/aromatic N) is 1. The van der Waals surface area contributed by atoms with Crippen molar-refractivity contribution < 1.29 is 8.78 Å². The lowest BCUT2D eigenvalue weighted by molar-refractivity contribution is 0.206. The number of likely N-dealkylation sites (tertiary alicyclic amines) is 1. The standard InChI is InChI=1S/C16H24F2N2/c1-2-12-4-3-8-20(9-7-12)16(11-19)13-5-6-14(17)15(18)10-13/h5-6,10,12,16H,2-4,7-9,11,19H2,1H3. The summed E-state index contributed by atoms with van der Waals surface area (Å²) in [5, 5.41) is 0. The Hall–Kier alpha value is -1.00. The van der Waals surface area contributed by atoms with E-state index in [-0.39, 0.29) is 6.04 Å². The maximum absolute atomic E-state index is 13.4. The Morgan fingerprint density at radius 3 is 2.70 bits per heavy atom. The van der Waals surface area contributed by atoms with Crippen LogP contribution in [0.3, 0.4) is 0 Å². The van der Waals surface area contributed by atoms with E-state index >= 15 is 0 Å². The summed E-state index contributed by atoms with van der Waals surface area (Å²) in [5.41, 5.74) is 6.66. The van der Waals surface area contributed by atoms with Crippen molar-refractivity contribution in [1.29, 1.82) is 0 Å². The fraction of sp³-hybridized carbons (Fsp3) is 0.625. The van der Waals surface area contributed by atoms with Crippen molar-refractivity contribution in [2.24, 2.45) is 11.7 Å². The molecule has 2 atom stereocenters. The van der Waals surface area contributed by atoms with Gasteiger partial charge in [-0.2, -0.15) is 0 Å². The van der Waals surface area contributed by atoms with Crippen LogP contribution in [0.5, 0.6) is 0 Å². The molecule has 1 aliphatic rings. The molecule has 20 heavy (non-hydrogen) atoms. The molecule has 1 aliphatic heterocycles. The number of halogens is 2. The fourth-order valence-corrected chi connectivity index (χ4v) is 3.12. The maximum Gasteiger partial charge on any atom is 0.159 e. The lowest BCUT2D eigenvalue weighted by atomic mass is 9.98. The zero-order valence-corrected chi connectivity index (χ0v) is 12.1. The van der Waals surface area contributed by atoms with Gasteiger partial charge in [-0.3, -0.25) is 4.90 Å². The summed E-state index contributed by atoms with van der Waals surface area (Å²) in [6, 6.07) is 4.12. The quantitative estimate of drug-likeness (QED) is 0.916. The average Bonchev–Trinajstić information content (AvgIpc) is 2.69. The molecule has 0 spiro atoms. The predicted molar refractivity (Wildman–Crippen MR) is 77.4 cm³/mol. The van der Waals surface area contributed by atoms with E-state index in [1.807, 2.05) is 0 Å². The first kappa shape index (κ1) is 15.4. The number of rotatable bonds is 4. The van der Waals surface area contributed by atoms with Gasteiger partial charge in [-0.05, 0) is 56.0 Å². The van der Waals surface area contributed by atoms with Gasteiger partial charge in [-0.15, -0.1) is 0 Å². The van der Waals surface area contributed by atoms with E-state index in [9.17, 15) is 8.78 Å². The van der Waals surface area contributed by atoms with Crippen LogP contribution in [0.4, 0.5) is 8.78 Å². The van der Waals surface area contributed by atoms with Crippen LogP contribution < -0.4 is 5.73 Å². The van der Waals surface area contributed by atoms with Crippen molar-refractivity contribution in [3.05, 3.63) is 35.4 Å². The number of nitrogens with two attached hydrogens (primary N) is 1. The largest absolute Gasteiger partial charge is 0.329 e. The lowest BCUT2D eigenvalue weighted by Crippen LogP contribution is -2.34. The van der Waals surface area contributed by atoms with Crippen LogP contribution >= 0.6 is 0 Å². The first-order valence-corrected chi connectivity index (χ1v) is 7.54. The monoisotopic (exact) mass is 282 g/mol. The van der Waals surface area contributed by atoms with Gasteiger partial charge < -0.3 is 5.73 Å². The van der Waals surface area contributed by atoms with E-state index in [4.69, 9.17) is 5.73 Å². The van der Waals surface area contributed by atoms with Crippen molar-refractivity contribution in [3.8, 4) is 0 Å². The molecule has 1 aromatic carbocycles.